The highest BCUT2D eigenvalue weighted by Crippen LogP contribution is 2.55. The number of amides is 3. The number of likely N-dealkylation sites (N-methyl/N-ethyl adjacent to an activating group) is 1. The summed E-state index contributed by atoms with van der Waals surface area (Å²) >= 11 is 6.24. The highest BCUT2D eigenvalue weighted by Gasteiger charge is 2.64. The average Bonchev–Trinajstić information content (AvgIpc) is 3.80. The summed E-state index contributed by atoms with van der Waals surface area (Å²) in [5.41, 5.74) is 2.42. The van der Waals surface area contributed by atoms with Crippen molar-refractivity contribution in [2.45, 2.75) is 116 Å². The summed E-state index contributed by atoms with van der Waals surface area (Å²) < 4.78 is 23.8. The third-order valence-corrected chi connectivity index (χ3v) is 15.7. The van der Waals surface area contributed by atoms with E-state index >= 15 is 0 Å². The number of halogens is 1. The Morgan fingerprint density at radius 2 is 1.51 bits per heavy atom. The first-order valence-corrected chi connectivity index (χ1v) is 26.0. The van der Waals surface area contributed by atoms with Crippen LogP contribution >= 0.6 is 11.6 Å². The Bertz CT molecular complexity index is 2230. The number of hydrogen-bond acceptors (Lipinski definition) is 11. The van der Waals surface area contributed by atoms with Crippen molar-refractivity contribution in [3.05, 3.63) is 88.4 Å². The van der Waals surface area contributed by atoms with Gasteiger partial charge >= 0.3 is 0 Å². The summed E-state index contributed by atoms with van der Waals surface area (Å²) in [5.74, 6) is 2.03. The first-order chi connectivity index (χ1) is 33.7. The molecule has 2 saturated carbocycles. The Labute approximate surface area is 420 Å². The van der Waals surface area contributed by atoms with Gasteiger partial charge in [-0.25, -0.2) is 0 Å². The van der Waals surface area contributed by atoms with E-state index in [1.165, 1.54) is 12.0 Å². The molecule has 4 fully saturated rings. The minimum atomic E-state index is -0.441. The van der Waals surface area contributed by atoms with Gasteiger partial charge in [-0.2, -0.15) is 5.26 Å². The molecule has 15 heteroatoms. The van der Waals surface area contributed by atoms with Crippen LogP contribution in [0.25, 0.3) is 0 Å². The van der Waals surface area contributed by atoms with Crippen LogP contribution in [0.3, 0.4) is 0 Å². The summed E-state index contributed by atoms with van der Waals surface area (Å²) in [6.07, 6.45) is 8.33. The number of anilines is 1. The first kappa shape index (κ1) is 52.9. The number of nitriles is 1. The monoisotopic (exact) mass is 982 g/mol. The largest absolute Gasteiger partial charge is 0.491 e. The number of benzene rings is 3. The molecule has 3 aromatic carbocycles. The number of fused-ring (bicyclic) bond motifs is 1. The Balaban J connectivity index is 0.735. The Morgan fingerprint density at radius 1 is 0.843 bits per heavy atom. The van der Waals surface area contributed by atoms with Crippen molar-refractivity contribution in [3.8, 4) is 17.6 Å². The molecule has 3 amide bonds. The SMILES string of the molecule is CN[C@@H](C)C(=O)N[C@H](C(=O)N1CCC2CCN(CCc3ccc(OCCOCCOCCNc4ccc(C(=O)NC5C(C)(C)C(Oc6ccc(C#N)c(Cl)c6)C5(C)C)cc4)cc3)CC21)C1CCCCC1. The van der Waals surface area contributed by atoms with E-state index in [1.54, 1.807) is 25.2 Å². The van der Waals surface area contributed by atoms with Crippen molar-refractivity contribution in [2.75, 3.05) is 78.1 Å². The molecule has 0 radical (unpaired) electrons. The topological polar surface area (TPSA) is 167 Å². The van der Waals surface area contributed by atoms with Gasteiger partial charge in [-0.1, -0.05) is 70.7 Å². The highest BCUT2D eigenvalue weighted by molar-refractivity contribution is 6.31. The molecule has 2 aliphatic heterocycles. The molecule has 0 aromatic heterocycles. The lowest BCUT2D eigenvalue weighted by atomic mass is 9.49. The second-order valence-corrected chi connectivity index (χ2v) is 21.3. The summed E-state index contributed by atoms with van der Waals surface area (Å²) in [6.45, 7) is 16.8. The molecular weight excluding hydrogens is 906 g/mol. The van der Waals surface area contributed by atoms with Gasteiger partial charge < -0.3 is 50.0 Å². The van der Waals surface area contributed by atoms with E-state index in [1.807, 2.05) is 43.3 Å². The second kappa shape index (κ2) is 24.5. The molecule has 4 aliphatic rings. The maximum atomic E-state index is 14.2. The fraction of sp³-hybridized carbons (Fsp3) is 0.600. The maximum Gasteiger partial charge on any atom is 0.251 e. The van der Waals surface area contributed by atoms with Gasteiger partial charge in [-0.3, -0.25) is 14.4 Å². The second-order valence-electron chi connectivity index (χ2n) is 20.9. The zero-order chi connectivity index (χ0) is 49.8. The predicted molar refractivity (Wildman–Crippen MR) is 273 cm³/mol. The molecule has 2 heterocycles. The van der Waals surface area contributed by atoms with Crippen LogP contribution in [0.4, 0.5) is 5.69 Å². The number of ether oxygens (including phenoxy) is 4. The zero-order valence-electron chi connectivity index (χ0n) is 42.2. The molecule has 2 saturated heterocycles. The summed E-state index contributed by atoms with van der Waals surface area (Å²) in [6, 6.07) is 22.2. The lowest BCUT2D eigenvalue weighted by molar-refractivity contribution is -0.164. The smallest absolute Gasteiger partial charge is 0.251 e. The minimum absolute atomic E-state index is 0.0953. The molecule has 4 atom stereocenters. The van der Waals surface area contributed by atoms with E-state index in [0.717, 1.165) is 82.6 Å². The summed E-state index contributed by atoms with van der Waals surface area (Å²) in [7, 11) is 1.78. The number of piperidine rings is 1. The lowest BCUT2D eigenvalue weighted by Crippen LogP contribution is -2.74. The van der Waals surface area contributed by atoms with Crippen LogP contribution < -0.4 is 30.7 Å². The van der Waals surface area contributed by atoms with E-state index < -0.39 is 6.04 Å². The number of hydrogen-bond donors (Lipinski definition) is 4. The maximum absolute atomic E-state index is 14.2. The lowest BCUT2D eigenvalue weighted by Gasteiger charge is -2.63. The number of carbonyl (C=O) groups excluding carboxylic acids is 3. The van der Waals surface area contributed by atoms with Crippen LogP contribution in [0, 0.1) is 34.0 Å². The Hall–Kier alpha value is -4.91. The normalized spacial score (nSPS) is 22.7. The minimum Gasteiger partial charge on any atom is -0.491 e. The van der Waals surface area contributed by atoms with Crippen molar-refractivity contribution in [1.29, 1.82) is 5.26 Å². The standard InChI is InChI=1S/C55H76ClN7O7/c1-37(58-6)49(64)60-48(40-10-8-7-9-11-40)51(66)63-28-24-39-23-27-62(36-47(39)63)26-22-38-12-19-44(20-13-38)69-33-32-68-31-30-67-29-25-59-43-17-14-41(15-18-43)50(65)61-52-54(2,3)53(55(52,4)5)70-45-21-16-42(35-57)46(56)34-45/h12-21,34,37,39-40,47-48,52-53,58-59H,7-11,22-33,36H2,1-6H3,(H,60,64)(H,61,65)/t37-,39?,47?,48-,52?,53?/m0/s1. The molecule has 2 unspecified atom stereocenters. The number of likely N-dealkylation sites (tertiary alicyclic amines) is 2. The van der Waals surface area contributed by atoms with Crippen LogP contribution in [0.15, 0.2) is 66.7 Å². The first-order valence-electron chi connectivity index (χ1n) is 25.6. The molecule has 2 aliphatic carbocycles. The molecule has 0 bridgehead atoms. The molecule has 14 nitrogen and oxygen atoms in total. The average molecular weight is 983 g/mol. The van der Waals surface area contributed by atoms with E-state index in [9.17, 15) is 19.6 Å². The summed E-state index contributed by atoms with van der Waals surface area (Å²) in [5, 5.41) is 22.4. The van der Waals surface area contributed by atoms with Crippen molar-refractivity contribution in [3.63, 3.8) is 0 Å². The number of nitrogens with one attached hydrogen (secondary N) is 4. The van der Waals surface area contributed by atoms with Crippen LogP contribution in [0.1, 0.15) is 101 Å². The van der Waals surface area contributed by atoms with Crippen molar-refractivity contribution >= 4 is 35.0 Å². The third kappa shape index (κ3) is 13.1. The van der Waals surface area contributed by atoms with Crippen LogP contribution in [0.5, 0.6) is 11.5 Å². The molecule has 380 valence electrons. The fourth-order valence-electron chi connectivity index (χ4n) is 11.5. The highest BCUT2D eigenvalue weighted by atomic mass is 35.5. The van der Waals surface area contributed by atoms with Gasteiger partial charge in [0.2, 0.25) is 11.8 Å². The predicted octanol–water partition coefficient (Wildman–Crippen LogP) is 7.49. The van der Waals surface area contributed by atoms with Crippen LogP contribution in [-0.2, 0) is 25.5 Å². The van der Waals surface area contributed by atoms with E-state index in [-0.39, 0.29) is 58.7 Å². The molecule has 3 aromatic rings. The summed E-state index contributed by atoms with van der Waals surface area (Å²) in [4.78, 5) is 45.2. The van der Waals surface area contributed by atoms with Gasteiger partial charge in [-0.05, 0) is 119 Å². The van der Waals surface area contributed by atoms with Crippen LogP contribution in [-0.4, -0.2) is 131 Å². The molecule has 70 heavy (non-hydrogen) atoms. The fourth-order valence-corrected chi connectivity index (χ4v) is 11.7. The molecule has 0 spiro atoms. The van der Waals surface area contributed by atoms with Gasteiger partial charge in [0, 0.05) is 66.4 Å². The third-order valence-electron chi connectivity index (χ3n) is 15.4. The van der Waals surface area contributed by atoms with Gasteiger partial charge in [0.25, 0.3) is 5.91 Å². The zero-order valence-corrected chi connectivity index (χ0v) is 43.0. The van der Waals surface area contributed by atoms with Gasteiger partial charge in [-0.15, -0.1) is 0 Å². The quantitative estimate of drug-likeness (QED) is 0.0696. The Kier molecular flexibility index (Phi) is 18.5. The van der Waals surface area contributed by atoms with Crippen molar-refractivity contribution in [1.82, 2.24) is 25.8 Å². The van der Waals surface area contributed by atoms with Crippen molar-refractivity contribution < 1.29 is 33.3 Å². The van der Waals surface area contributed by atoms with Crippen LogP contribution in [0.2, 0.25) is 5.02 Å². The number of carbonyl (C=O) groups is 3. The Morgan fingerprint density at radius 3 is 2.20 bits per heavy atom. The molecule has 7 rings (SSSR count). The van der Waals surface area contributed by atoms with Crippen molar-refractivity contribution in [2.24, 2.45) is 22.7 Å². The van der Waals surface area contributed by atoms with E-state index in [2.05, 4.69) is 77.0 Å². The van der Waals surface area contributed by atoms with Gasteiger partial charge in [0.1, 0.15) is 36.3 Å². The number of rotatable bonds is 23. The molecular formula is C55H76ClN7O7. The van der Waals surface area contributed by atoms with E-state index in [0.29, 0.717) is 67.4 Å². The van der Waals surface area contributed by atoms with Gasteiger partial charge in [0.15, 0.2) is 0 Å². The van der Waals surface area contributed by atoms with Gasteiger partial charge in [0.05, 0.1) is 43.1 Å². The number of nitrogens with zero attached hydrogens (tertiary/aromatic N) is 3. The molecule has 4 N–H and O–H groups in total. The van der Waals surface area contributed by atoms with E-state index in [4.69, 9.17) is 30.5 Å².